The molecule has 0 atom stereocenters. The third-order valence-electron chi connectivity index (χ3n) is 3.73. The molecule has 8 heteroatoms. The van der Waals surface area contributed by atoms with Crippen molar-refractivity contribution in [2.75, 3.05) is 0 Å². The van der Waals surface area contributed by atoms with Crippen molar-refractivity contribution in [1.29, 1.82) is 0 Å². The molecule has 2 heterocycles. The summed E-state index contributed by atoms with van der Waals surface area (Å²) < 4.78 is 13.0. The van der Waals surface area contributed by atoms with Crippen molar-refractivity contribution in [3.05, 3.63) is 64.9 Å². The second kappa shape index (κ2) is 6.16. The average Bonchev–Trinajstić information content (AvgIpc) is 2.56. The normalized spacial score (nSPS) is 10.8. The van der Waals surface area contributed by atoms with Crippen LogP contribution < -0.4 is 16.5 Å². The van der Waals surface area contributed by atoms with Crippen LogP contribution >= 0.6 is 0 Å². The minimum atomic E-state index is -0.981. The molecule has 0 aliphatic rings. The van der Waals surface area contributed by atoms with E-state index in [4.69, 9.17) is 11.5 Å². The lowest BCUT2D eigenvalue weighted by Crippen LogP contribution is -2.21. The summed E-state index contributed by atoms with van der Waals surface area (Å²) >= 11 is 0. The van der Waals surface area contributed by atoms with Gasteiger partial charge in [0.15, 0.2) is 11.9 Å². The Balaban J connectivity index is 2.14. The summed E-state index contributed by atoms with van der Waals surface area (Å²) in [5.41, 5.74) is 11.6. The van der Waals surface area contributed by atoms with E-state index in [1.54, 1.807) is 24.4 Å². The molecule has 0 aliphatic heterocycles. The van der Waals surface area contributed by atoms with E-state index in [1.807, 2.05) is 0 Å². The summed E-state index contributed by atoms with van der Waals surface area (Å²) in [6.07, 6.45) is 2.05. The van der Waals surface area contributed by atoms with Gasteiger partial charge in [-0.2, -0.15) is 0 Å². The predicted octanol–water partition coefficient (Wildman–Crippen LogP) is 0.682. The number of aromatic nitrogens is 2. The summed E-state index contributed by atoms with van der Waals surface area (Å²) in [6, 6.07) is 7.59. The van der Waals surface area contributed by atoms with E-state index in [0.29, 0.717) is 6.42 Å². The molecule has 25 heavy (non-hydrogen) atoms. The highest BCUT2D eigenvalue weighted by atomic mass is 19.1. The third kappa shape index (κ3) is 3.09. The van der Waals surface area contributed by atoms with E-state index < -0.39 is 23.3 Å². The van der Waals surface area contributed by atoms with Crippen molar-refractivity contribution in [3.8, 4) is 5.75 Å². The molecular weight excluding hydrogens is 327 g/mol. The topological polar surface area (TPSA) is 133 Å². The first kappa shape index (κ1) is 16.3. The molecule has 0 fully saturated rings. The standard InChI is InChI=1S/C17H13FN4O3/c18-10-3-1-8(2-4-10)5-9-6-11-12(21-7-9)15(23)14(17(20)25)22-13(11)16(19)24/h1-4,6-7,23H,5H2,(H2,19,24)(H2,20,25)/p+1. The molecular formula is C17H14FN4O3+. The number of H-pyrrole nitrogens is 1. The van der Waals surface area contributed by atoms with Crippen molar-refractivity contribution in [1.82, 2.24) is 4.98 Å². The van der Waals surface area contributed by atoms with E-state index in [2.05, 4.69) is 9.97 Å². The average molecular weight is 341 g/mol. The molecule has 0 aliphatic carbocycles. The smallest absolute Gasteiger partial charge is 0.271 e. The molecule has 2 amide bonds. The number of carbonyl (C=O) groups excluding carboxylic acids is 2. The van der Waals surface area contributed by atoms with Gasteiger partial charge in [-0.15, -0.1) is 0 Å². The van der Waals surface area contributed by atoms with Crippen LogP contribution in [-0.2, 0) is 6.42 Å². The minimum Gasteiger partial charge on any atom is -0.501 e. The lowest BCUT2D eigenvalue weighted by atomic mass is 10.0. The van der Waals surface area contributed by atoms with E-state index in [0.717, 1.165) is 11.1 Å². The summed E-state index contributed by atoms with van der Waals surface area (Å²) in [6.45, 7) is 0. The zero-order valence-electron chi connectivity index (χ0n) is 12.9. The molecule has 0 bridgehead atoms. The van der Waals surface area contributed by atoms with Gasteiger partial charge in [0.1, 0.15) is 11.5 Å². The molecule has 0 radical (unpaired) electrons. The number of aromatic amines is 1. The first-order valence-electron chi connectivity index (χ1n) is 7.28. The second-order valence-electron chi connectivity index (χ2n) is 5.49. The molecule has 3 aromatic rings. The number of hydrogen-bond donors (Lipinski definition) is 3. The molecule has 0 saturated carbocycles. The molecule has 0 spiro atoms. The van der Waals surface area contributed by atoms with Crippen LogP contribution in [0.15, 0.2) is 36.5 Å². The number of hydrogen-bond acceptors (Lipinski definition) is 4. The summed E-state index contributed by atoms with van der Waals surface area (Å²) in [5.74, 6) is -2.63. The van der Waals surface area contributed by atoms with Crippen LogP contribution in [0.25, 0.3) is 10.9 Å². The molecule has 1 aromatic carbocycles. The number of nitrogens with one attached hydrogen (secondary N) is 1. The van der Waals surface area contributed by atoms with Gasteiger partial charge in [-0.25, -0.2) is 14.4 Å². The molecule has 2 aromatic heterocycles. The maximum Gasteiger partial charge on any atom is 0.271 e. The van der Waals surface area contributed by atoms with Crippen LogP contribution in [0.3, 0.4) is 0 Å². The fourth-order valence-electron chi connectivity index (χ4n) is 2.57. The van der Waals surface area contributed by atoms with Gasteiger partial charge in [0.25, 0.3) is 17.3 Å². The fourth-order valence-corrected chi connectivity index (χ4v) is 2.57. The van der Waals surface area contributed by atoms with Crippen molar-refractivity contribution >= 4 is 22.7 Å². The fraction of sp³-hybridized carbons (Fsp3) is 0.0588. The summed E-state index contributed by atoms with van der Waals surface area (Å²) in [7, 11) is 0. The van der Waals surface area contributed by atoms with Crippen LogP contribution in [0.2, 0.25) is 0 Å². The van der Waals surface area contributed by atoms with Gasteiger partial charge in [0.2, 0.25) is 5.75 Å². The van der Waals surface area contributed by atoms with Gasteiger partial charge in [-0.1, -0.05) is 12.1 Å². The number of pyridine rings is 2. The Morgan fingerprint density at radius 2 is 1.72 bits per heavy atom. The van der Waals surface area contributed by atoms with Crippen molar-refractivity contribution in [2.45, 2.75) is 6.42 Å². The largest absolute Gasteiger partial charge is 0.501 e. The van der Waals surface area contributed by atoms with Crippen LogP contribution in [0.1, 0.15) is 32.1 Å². The van der Waals surface area contributed by atoms with Crippen LogP contribution in [0.5, 0.6) is 5.75 Å². The van der Waals surface area contributed by atoms with Gasteiger partial charge in [-0.3, -0.25) is 9.59 Å². The molecule has 6 N–H and O–H groups in total. The van der Waals surface area contributed by atoms with Crippen molar-refractivity contribution in [3.63, 3.8) is 0 Å². The Hall–Kier alpha value is -3.55. The summed E-state index contributed by atoms with van der Waals surface area (Å²) in [5, 5.41) is 10.4. The van der Waals surface area contributed by atoms with Crippen LogP contribution in [-0.4, -0.2) is 21.9 Å². The Kier molecular flexibility index (Phi) is 4.02. The Morgan fingerprint density at radius 3 is 2.32 bits per heavy atom. The van der Waals surface area contributed by atoms with Crippen molar-refractivity contribution < 1.29 is 24.1 Å². The number of aromatic hydroxyl groups is 1. The molecule has 126 valence electrons. The zero-order valence-corrected chi connectivity index (χ0v) is 12.9. The number of primary amides is 2. The first-order chi connectivity index (χ1) is 11.9. The predicted molar refractivity (Wildman–Crippen MR) is 86.2 cm³/mol. The lowest BCUT2D eigenvalue weighted by molar-refractivity contribution is -0.346. The van der Waals surface area contributed by atoms with E-state index in [1.165, 1.54) is 12.1 Å². The number of fused-ring (bicyclic) bond motifs is 1. The van der Waals surface area contributed by atoms with Gasteiger partial charge in [0, 0.05) is 12.0 Å². The minimum absolute atomic E-state index is 0.125. The highest BCUT2D eigenvalue weighted by molar-refractivity contribution is 6.08. The lowest BCUT2D eigenvalue weighted by Gasteiger charge is -2.06. The molecule has 3 rings (SSSR count). The Morgan fingerprint density at radius 1 is 1.08 bits per heavy atom. The number of nitrogens with two attached hydrogens (primary N) is 2. The number of rotatable bonds is 4. The van der Waals surface area contributed by atoms with Gasteiger partial charge < -0.3 is 16.6 Å². The Labute approximate surface area is 141 Å². The maximum absolute atomic E-state index is 13.0. The van der Waals surface area contributed by atoms with Crippen LogP contribution in [0, 0.1) is 5.82 Å². The quantitative estimate of drug-likeness (QED) is 0.643. The molecule has 7 nitrogen and oxygen atoms in total. The Bertz CT molecular complexity index is 1000. The molecule has 0 unspecified atom stereocenters. The van der Waals surface area contributed by atoms with E-state index in [-0.39, 0.29) is 22.4 Å². The second-order valence-corrected chi connectivity index (χ2v) is 5.49. The number of benzene rings is 1. The third-order valence-corrected chi connectivity index (χ3v) is 3.73. The molecule has 0 saturated heterocycles. The maximum atomic E-state index is 13.0. The highest BCUT2D eigenvalue weighted by Crippen LogP contribution is 2.27. The van der Waals surface area contributed by atoms with Gasteiger partial charge in [0.05, 0.1) is 5.39 Å². The first-order valence-corrected chi connectivity index (χ1v) is 7.28. The number of halogens is 1. The SMILES string of the molecule is NC(=O)c1nc(C(N)=O)c2cc(Cc3ccc(F)cc3)c[nH+]c2c1O. The van der Waals surface area contributed by atoms with Gasteiger partial charge in [-0.05, 0) is 23.8 Å². The van der Waals surface area contributed by atoms with Crippen LogP contribution in [0.4, 0.5) is 4.39 Å². The van der Waals surface area contributed by atoms with Crippen molar-refractivity contribution in [2.24, 2.45) is 11.5 Å². The number of nitrogens with zero attached hydrogens (tertiary/aromatic N) is 1. The van der Waals surface area contributed by atoms with E-state index in [9.17, 15) is 19.1 Å². The van der Waals surface area contributed by atoms with E-state index >= 15 is 0 Å². The number of amides is 2. The summed E-state index contributed by atoms with van der Waals surface area (Å²) in [4.78, 5) is 29.7. The number of carbonyl (C=O) groups is 2. The highest BCUT2D eigenvalue weighted by Gasteiger charge is 2.24. The zero-order chi connectivity index (χ0) is 18.1. The van der Waals surface area contributed by atoms with Gasteiger partial charge >= 0.3 is 0 Å². The monoisotopic (exact) mass is 341 g/mol.